The third kappa shape index (κ3) is 6.94. The molecule has 9 nitrogen and oxygen atoms in total. The highest BCUT2D eigenvalue weighted by Gasteiger charge is 2.21. The molecule has 0 saturated carbocycles. The summed E-state index contributed by atoms with van der Waals surface area (Å²) in [6.45, 7) is 2.54. The van der Waals surface area contributed by atoms with Gasteiger partial charge in [0.05, 0.1) is 21.0 Å². The van der Waals surface area contributed by atoms with Gasteiger partial charge in [-0.1, -0.05) is 35.3 Å². The van der Waals surface area contributed by atoms with E-state index >= 15 is 0 Å². The van der Waals surface area contributed by atoms with Gasteiger partial charge >= 0.3 is 5.97 Å². The fourth-order valence-electron chi connectivity index (χ4n) is 2.51. The van der Waals surface area contributed by atoms with E-state index in [4.69, 9.17) is 27.9 Å². The van der Waals surface area contributed by atoms with Crippen molar-refractivity contribution < 1.29 is 24.0 Å². The Hall–Kier alpha value is -3.17. The molecule has 0 bridgehead atoms. The van der Waals surface area contributed by atoms with Crippen LogP contribution in [0.4, 0.5) is 5.69 Å². The van der Waals surface area contributed by atoms with Gasteiger partial charge in [0.25, 0.3) is 17.5 Å². The number of nitrogens with zero attached hydrogens (tertiary/aromatic N) is 1. The number of hydrogen-bond donors (Lipinski definition) is 2. The molecule has 0 aromatic heterocycles. The fraction of sp³-hybridized carbons (Fsp3) is 0.250. The van der Waals surface area contributed by atoms with Gasteiger partial charge in [0.15, 0.2) is 6.61 Å². The summed E-state index contributed by atoms with van der Waals surface area (Å²) in [6.07, 6.45) is 0. The number of nitrogens with one attached hydrogen (secondary N) is 2. The van der Waals surface area contributed by atoms with Crippen LogP contribution in [0.15, 0.2) is 42.5 Å². The van der Waals surface area contributed by atoms with E-state index in [0.29, 0.717) is 15.6 Å². The van der Waals surface area contributed by atoms with Gasteiger partial charge in [-0.3, -0.25) is 19.7 Å². The van der Waals surface area contributed by atoms with Crippen LogP contribution in [0.3, 0.4) is 0 Å². The molecule has 0 radical (unpaired) electrons. The van der Waals surface area contributed by atoms with Crippen molar-refractivity contribution in [2.24, 2.45) is 0 Å². The fourth-order valence-corrected chi connectivity index (χ4v) is 2.82. The van der Waals surface area contributed by atoms with Gasteiger partial charge in [0.2, 0.25) is 0 Å². The molecule has 0 aliphatic heterocycles. The number of carbonyl (C=O) groups excluding carboxylic acids is 3. The van der Waals surface area contributed by atoms with Gasteiger partial charge in [-0.15, -0.1) is 0 Å². The minimum Gasteiger partial charge on any atom is -0.454 e. The van der Waals surface area contributed by atoms with E-state index in [9.17, 15) is 24.5 Å². The summed E-state index contributed by atoms with van der Waals surface area (Å²) in [5, 5.41) is 16.6. The topological polar surface area (TPSA) is 128 Å². The van der Waals surface area contributed by atoms with Crippen molar-refractivity contribution in [3.8, 4) is 0 Å². The van der Waals surface area contributed by atoms with Crippen LogP contribution >= 0.6 is 23.2 Å². The average Bonchev–Trinajstić information content (AvgIpc) is 2.73. The van der Waals surface area contributed by atoms with Gasteiger partial charge in [-0.2, -0.15) is 0 Å². The number of hydrogen-bond acceptors (Lipinski definition) is 6. The highest BCUT2D eigenvalue weighted by Crippen LogP contribution is 2.25. The van der Waals surface area contributed by atoms with Crippen molar-refractivity contribution in [1.82, 2.24) is 10.6 Å². The van der Waals surface area contributed by atoms with E-state index in [0.717, 1.165) is 6.07 Å². The molecule has 2 N–H and O–H groups in total. The van der Waals surface area contributed by atoms with Crippen LogP contribution in [0.5, 0.6) is 0 Å². The lowest BCUT2D eigenvalue weighted by atomic mass is 10.1. The van der Waals surface area contributed by atoms with E-state index in [2.05, 4.69) is 10.6 Å². The number of amides is 2. The van der Waals surface area contributed by atoms with Crippen molar-refractivity contribution >= 4 is 46.7 Å². The lowest BCUT2D eigenvalue weighted by molar-refractivity contribution is -0.384. The Labute approximate surface area is 187 Å². The lowest BCUT2D eigenvalue weighted by Gasteiger charge is -2.16. The quantitative estimate of drug-likeness (QED) is 0.347. The smallest absolute Gasteiger partial charge is 0.328 e. The molecule has 0 aliphatic rings. The largest absolute Gasteiger partial charge is 0.454 e. The predicted octanol–water partition coefficient (Wildman–Crippen LogP) is 3.44. The first kappa shape index (κ1) is 24.1. The van der Waals surface area contributed by atoms with Crippen LogP contribution in [0, 0.1) is 10.1 Å². The summed E-state index contributed by atoms with van der Waals surface area (Å²) in [7, 11) is 0. The van der Waals surface area contributed by atoms with Crippen LogP contribution in [-0.2, 0) is 14.3 Å². The second-order valence-corrected chi connectivity index (χ2v) is 7.39. The van der Waals surface area contributed by atoms with Crippen LogP contribution < -0.4 is 10.6 Å². The van der Waals surface area contributed by atoms with Crippen LogP contribution in [0.2, 0.25) is 10.0 Å². The Kier molecular flexibility index (Phi) is 8.35. The van der Waals surface area contributed by atoms with Crippen molar-refractivity contribution in [2.45, 2.75) is 25.9 Å². The molecule has 164 valence electrons. The number of non-ortho nitro benzene ring substituents is 1. The number of benzene rings is 2. The van der Waals surface area contributed by atoms with Crippen LogP contribution in [0.25, 0.3) is 0 Å². The van der Waals surface area contributed by atoms with Crippen molar-refractivity contribution in [1.29, 1.82) is 0 Å². The zero-order valence-electron chi connectivity index (χ0n) is 16.6. The molecular formula is C20H19Cl2N3O6. The molecular weight excluding hydrogens is 449 g/mol. The minimum absolute atomic E-state index is 0.0158. The zero-order valence-corrected chi connectivity index (χ0v) is 18.1. The third-order valence-corrected chi connectivity index (χ3v) is 4.93. The van der Waals surface area contributed by atoms with Crippen molar-refractivity contribution in [2.75, 3.05) is 6.61 Å². The van der Waals surface area contributed by atoms with Gasteiger partial charge in [-0.25, -0.2) is 4.79 Å². The van der Waals surface area contributed by atoms with Crippen LogP contribution in [0.1, 0.15) is 35.8 Å². The SMILES string of the molecule is CC(NC(=O)COC(=O)[C@H](C)NC(=O)c1cccc([N+](=O)[O-])c1)c1ccc(Cl)c(Cl)c1. The van der Waals surface area contributed by atoms with E-state index < -0.39 is 41.4 Å². The molecule has 0 spiro atoms. The Morgan fingerprint density at radius 3 is 2.42 bits per heavy atom. The number of nitro benzene ring substituents is 1. The Balaban J connectivity index is 1.84. The predicted molar refractivity (Wildman–Crippen MR) is 114 cm³/mol. The summed E-state index contributed by atoms with van der Waals surface area (Å²) in [5.74, 6) is -2.08. The Bertz CT molecular complexity index is 1010. The molecule has 2 atom stereocenters. The highest BCUT2D eigenvalue weighted by atomic mass is 35.5. The molecule has 2 rings (SSSR count). The highest BCUT2D eigenvalue weighted by molar-refractivity contribution is 6.42. The zero-order chi connectivity index (χ0) is 23.1. The van der Waals surface area contributed by atoms with Crippen molar-refractivity contribution in [3.05, 3.63) is 73.8 Å². The molecule has 0 saturated heterocycles. The first-order chi connectivity index (χ1) is 14.6. The number of halogens is 2. The molecule has 0 fully saturated rings. The van der Waals surface area contributed by atoms with Gasteiger partial charge < -0.3 is 15.4 Å². The standard InChI is InChI=1S/C20H19Cl2N3O6/c1-11(13-6-7-16(21)17(22)9-13)23-18(26)10-31-20(28)12(2)24-19(27)14-4-3-5-15(8-14)25(29)30/h3-9,11-12H,10H2,1-2H3,(H,23,26)(H,24,27)/t11?,12-/m0/s1. The second-order valence-electron chi connectivity index (χ2n) is 6.57. The van der Waals surface area contributed by atoms with E-state index in [1.165, 1.54) is 25.1 Å². The maximum atomic E-state index is 12.2. The average molecular weight is 468 g/mol. The molecule has 2 aromatic carbocycles. The molecule has 1 unspecified atom stereocenters. The maximum Gasteiger partial charge on any atom is 0.328 e. The van der Waals surface area contributed by atoms with Crippen molar-refractivity contribution in [3.63, 3.8) is 0 Å². The third-order valence-electron chi connectivity index (χ3n) is 4.19. The summed E-state index contributed by atoms with van der Waals surface area (Å²) in [6, 6.07) is 8.50. The monoisotopic (exact) mass is 467 g/mol. The maximum absolute atomic E-state index is 12.2. The number of carbonyl (C=O) groups is 3. The van der Waals surface area contributed by atoms with E-state index in [1.54, 1.807) is 25.1 Å². The van der Waals surface area contributed by atoms with E-state index in [-0.39, 0.29) is 11.3 Å². The molecule has 31 heavy (non-hydrogen) atoms. The molecule has 11 heteroatoms. The summed E-state index contributed by atoms with van der Waals surface area (Å²) in [5.41, 5.74) is 0.476. The summed E-state index contributed by atoms with van der Waals surface area (Å²) < 4.78 is 4.92. The second kappa shape index (κ2) is 10.7. The Morgan fingerprint density at radius 2 is 1.77 bits per heavy atom. The molecule has 0 aliphatic carbocycles. The number of nitro groups is 1. The number of rotatable bonds is 8. The Morgan fingerprint density at radius 1 is 1.06 bits per heavy atom. The van der Waals surface area contributed by atoms with Crippen LogP contribution in [-0.4, -0.2) is 35.4 Å². The van der Waals surface area contributed by atoms with Gasteiger partial charge in [-0.05, 0) is 37.6 Å². The molecule has 2 amide bonds. The molecule has 0 heterocycles. The lowest BCUT2D eigenvalue weighted by Crippen LogP contribution is -2.41. The molecule has 2 aromatic rings. The van der Waals surface area contributed by atoms with Gasteiger partial charge in [0, 0.05) is 17.7 Å². The normalized spacial score (nSPS) is 12.4. The first-order valence-corrected chi connectivity index (χ1v) is 9.80. The summed E-state index contributed by atoms with van der Waals surface area (Å²) in [4.78, 5) is 46.5. The summed E-state index contributed by atoms with van der Waals surface area (Å²) >= 11 is 11.8. The van der Waals surface area contributed by atoms with E-state index in [1.807, 2.05) is 0 Å². The number of esters is 1. The first-order valence-electron chi connectivity index (χ1n) is 9.04. The van der Waals surface area contributed by atoms with Gasteiger partial charge in [0.1, 0.15) is 6.04 Å². The number of ether oxygens (including phenoxy) is 1. The minimum atomic E-state index is -1.08.